The number of hydrogen-bond donors (Lipinski definition) is 1. The summed E-state index contributed by atoms with van der Waals surface area (Å²) in [7, 11) is 0. The van der Waals surface area contributed by atoms with Crippen molar-refractivity contribution >= 4 is 0 Å². The SMILES string of the molecule is C=CCCC(C)NC(C)c1ccccc1OC(F)F. The number of para-hydroxylation sites is 1. The molecule has 0 saturated heterocycles. The summed E-state index contributed by atoms with van der Waals surface area (Å²) in [6.07, 6.45) is 3.76. The van der Waals surface area contributed by atoms with E-state index in [9.17, 15) is 8.78 Å². The van der Waals surface area contributed by atoms with Gasteiger partial charge in [-0.25, -0.2) is 0 Å². The Labute approximate surface area is 113 Å². The molecule has 0 aliphatic carbocycles. The van der Waals surface area contributed by atoms with Crippen molar-refractivity contribution in [2.45, 2.75) is 45.4 Å². The van der Waals surface area contributed by atoms with Crippen LogP contribution in [0.1, 0.15) is 38.3 Å². The summed E-state index contributed by atoms with van der Waals surface area (Å²) in [6.45, 7) is 4.89. The normalized spacial score (nSPS) is 14.2. The van der Waals surface area contributed by atoms with Crippen LogP contribution < -0.4 is 10.1 Å². The van der Waals surface area contributed by atoms with Crippen molar-refractivity contribution in [3.05, 3.63) is 42.5 Å². The van der Waals surface area contributed by atoms with Crippen LogP contribution in [-0.2, 0) is 0 Å². The second-order valence-electron chi connectivity index (χ2n) is 4.57. The molecule has 1 rings (SSSR count). The fraction of sp³-hybridized carbons (Fsp3) is 0.467. The third kappa shape index (κ3) is 5.39. The molecule has 4 heteroatoms. The Hall–Kier alpha value is -1.42. The highest BCUT2D eigenvalue weighted by Gasteiger charge is 2.15. The molecule has 0 aliphatic heterocycles. The molecule has 0 aliphatic rings. The first-order chi connectivity index (χ1) is 9.04. The quantitative estimate of drug-likeness (QED) is 0.711. The molecule has 0 fully saturated rings. The molecule has 19 heavy (non-hydrogen) atoms. The number of halogens is 2. The van der Waals surface area contributed by atoms with Gasteiger partial charge in [0.1, 0.15) is 5.75 Å². The lowest BCUT2D eigenvalue weighted by Gasteiger charge is -2.22. The van der Waals surface area contributed by atoms with Crippen molar-refractivity contribution in [3.8, 4) is 5.75 Å². The van der Waals surface area contributed by atoms with E-state index in [2.05, 4.69) is 23.6 Å². The molecular formula is C15H21F2NO. The van der Waals surface area contributed by atoms with Crippen LogP contribution in [0, 0.1) is 0 Å². The van der Waals surface area contributed by atoms with E-state index in [0.717, 1.165) is 18.4 Å². The lowest BCUT2D eigenvalue weighted by molar-refractivity contribution is -0.0506. The number of alkyl halides is 2. The molecule has 0 bridgehead atoms. The van der Waals surface area contributed by atoms with Crippen molar-refractivity contribution in [2.75, 3.05) is 0 Å². The molecule has 0 saturated carbocycles. The Bertz CT molecular complexity index is 395. The third-order valence-electron chi connectivity index (χ3n) is 2.94. The van der Waals surface area contributed by atoms with E-state index in [-0.39, 0.29) is 17.8 Å². The molecule has 0 heterocycles. The van der Waals surface area contributed by atoms with Gasteiger partial charge in [0.2, 0.25) is 0 Å². The van der Waals surface area contributed by atoms with Crippen LogP contribution in [-0.4, -0.2) is 12.7 Å². The predicted octanol–water partition coefficient (Wildman–Crippen LogP) is 4.29. The number of hydrogen-bond acceptors (Lipinski definition) is 2. The van der Waals surface area contributed by atoms with Gasteiger partial charge in [0, 0.05) is 17.6 Å². The molecule has 0 aromatic heterocycles. The second kappa shape index (κ2) is 7.89. The number of allylic oxidation sites excluding steroid dienone is 1. The van der Waals surface area contributed by atoms with Gasteiger partial charge in [0.05, 0.1) is 0 Å². The Balaban J connectivity index is 2.70. The summed E-state index contributed by atoms with van der Waals surface area (Å²) < 4.78 is 29.2. The van der Waals surface area contributed by atoms with Gasteiger partial charge >= 0.3 is 6.61 Å². The lowest BCUT2D eigenvalue weighted by atomic mass is 10.1. The molecular weight excluding hydrogens is 248 g/mol. The molecule has 0 amide bonds. The van der Waals surface area contributed by atoms with Gasteiger partial charge in [-0.3, -0.25) is 0 Å². The van der Waals surface area contributed by atoms with Crippen LogP contribution in [0.4, 0.5) is 8.78 Å². The maximum absolute atomic E-state index is 12.3. The molecule has 0 spiro atoms. The number of nitrogens with one attached hydrogen (secondary N) is 1. The topological polar surface area (TPSA) is 21.3 Å². The van der Waals surface area contributed by atoms with E-state index in [1.807, 2.05) is 19.1 Å². The minimum Gasteiger partial charge on any atom is -0.434 e. The van der Waals surface area contributed by atoms with Crippen molar-refractivity contribution in [2.24, 2.45) is 0 Å². The van der Waals surface area contributed by atoms with Crippen molar-refractivity contribution in [3.63, 3.8) is 0 Å². The highest BCUT2D eigenvalue weighted by Crippen LogP contribution is 2.26. The standard InChI is InChI=1S/C15H21F2NO/c1-4-5-8-11(2)18-12(3)13-9-6-7-10-14(13)19-15(16)17/h4,6-7,9-12,15,18H,1,5,8H2,2-3H3. The molecule has 1 N–H and O–H groups in total. The molecule has 1 aromatic rings. The molecule has 0 radical (unpaired) electrons. The van der Waals surface area contributed by atoms with Crippen LogP contribution in [0.5, 0.6) is 5.75 Å². The average Bonchev–Trinajstić information content (AvgIpc) is 2.36. The first-order valence-corrected chi connectivity index (χ1v) is 6.45. The fourth-order valence-electron chi connectivity index (χ4n) is 2.01. The van der Waals surface area contributed by atoms with Gasteiger partial charge in [-0.15, -0.1) is 6.58 Å². The predicted molar refractivity (Wildman–Crippen MR) is 73.5 cm³/mol. The van der Waals surface area contributed by atoms with Crippen LogP contribution >= 0.6 is 0 Å². The first kappa shape index (κ1) is 15.6. The number of ether oxygens (including phenoxy) is 1. The maximum Gasteiger partial charge on any atom is 0.387 e. The van der Waals surface area contributed by atoms with Crippen LogP contribution in [0.25, 0.3) is 0 Å². The minimum atomic E-state index is -2.80. The van der Waals surface area contributed by atoms with Crippen LogP contribution in [0.2, 0.25) is 0 Å². The van der Waals surface area contributed by atoms with Crippen molar-refractivity contribution < 1.29 is 13.5 Å². The zero-order chi connectivity index (χ0) is 14.3. The van der Waals surface area contributed by atoms with E-state index in [1.165, 1.54) is 0 Å². The minimum absolute atomic E-state index is 0.0465. The Morgan fingerprint density at radius 1 is 1.32 bits per heavy atom. The Morgan fingerprint density at radius 3 is 2.63 bits per heavy atom. The third-order valence-corrected chi connectivity index (χ3v) is 2.94. The summed E-state index contributed by atoms with van der Waals surface area (Å²) in [4.78, 5) is 0. The molecule has 106 valence electrons. The summed E-state index contributed by atoms with van der Waals surface area (Å²) in [5, 5.41) is 3.37. The number of rotatable bonds is 8. The van der Waals surface area contributed by atoms with Gasteiger partial charge in [0.15, 0.2) is 0 Å². The molecule has 1 aromatic carbocycles. The second-order valence-corrected chi connectivity index (χ2v) is 4.57. The van der Waals surface area contributed by atoms with Gasteiger partial charge in [-0.1, -0.05) is 24.3 Å². The summed E-state index contributed by atoms with van der Waals surface area (Å²) in [5.74, 6) is 0.230. The van der Waals surface area contributed by atoms with E-state index in [0.29, 0.717) is 0 Å². The first-order valence-electron chi connectivity index (χ1n) is 6.45. The molecule has 2 nitrogen and oxygen atoms in total. The van der Waals surface area contributed by atoms with Crippen LogP contribution in [0.15, 0.2) is 36.9 Å². The zero-order valence-electron chi connectivity index (χ0n) is 11.4. The van der Waals surface area contributed by atoms with Gasteiger partial charge in [0.25, 0.3) is 0 Å². The summed E-state index contributed by atoms with van der Waals surface area (Å²) in [5.41, 5.74) is 0.744. The van der Waals surface area contributed by atoms with E-state index < -0.39 is 6.61 Å². The molecule has 2 atom stereocenters. The van der Waals surface area contributed by atoms with Gasteiger partial charge in [-0.2, -0.15) is 8.78 Å². The summed E-state index contributed by atoms with van der Waals surface area (Å²) >= 11 is 0. The number of benzene rings is 1. The van der Waals surface area contributed by atoms with Gasteiger partial charge in [-0.05, 0) is 32.8 Å². The zero-order valence-corrected chi connectivity index (χ0v) is 11.4. The highest BCUT2D eigenvalue weighted by molar-refractivity contribution is 5.35. The van der Waals surface area contributed by atoms with E-state index >= 15 is 0 Å². The lowest BCUT2D eigenvalue weighted by Crippen LogP contribution is -2.29. The van der Waals surface area contributed by atoms with Crippen LogP contribution in [0.3, 0.4) is 0 Å². The highest BCUT2D eigenvalue weighted by atomic mass is 19.3. The van der Waals surface area contributed by atoms with E-state index in [1.54, 1.807) is 18.2 Å². The Morgan fingerprint density at radius 2 is 2.00 bits per heavy atom. The largest absolute Gasteiger partial charge is 0.434 e. The molecule has 2 unspecified atom stereocenters. The van der Waals surface area contributed by atoms with E-state index in [4.69, 9.17) is 0 Å². The van der Waals surface area contributed by atoms with Crippen molar-refractivity contribution in [1.29, 1.82) is 0 Å². The van der Waals surface area contributed by atoms with Crippen molar-refractivity contribution in [1.82, 2.24) is 5.32 Å². The maximum atomic E-state index is 12.3. The van der Waals surface area contributed by atoms with Gasteiger partial charge < -0.3 is 10.1 Å². The average molecular weight is 269 g/mol. The fourth-order valence-corrected chi connectivity index (χ4v) is 2.01. The Kier molecular flexibility index (Phi) is 6.50. The summed E-state index contributed by atoms with van der Waals surface area (Å²) in [6, 6.07) is 7.11. The smallest absolute Gasteiger partial charge is 0.387 e. The monoisotopic (exact) mass is 269 g/mol.